The first-order valence-corrected chi connectivity index (χ1v) is 6.48. The highest BCUT2D eigenvalue weighted by Gasteiger charge is 2.15. The number of aromatic hydroxyl groups is 1. The van der Waals surface area contributed by atoms with Gasteiger partial charge in [0.2, 0.25) is 0 Å². The summed E-state index contributed by atoms with van der Waals surface area (Å²) in [5.74, 6) is -0.156. The standard InChI is InChI=1S/C14H20N2O2/c1-10-4-5-12(13(17)9-10)14(18)16-8-6-11-3-2-7-15-11/h4-5,9,11,15,17H,2-3,6-8H2,1H3,(H,16,18). The Labute approximate surface area is 107 Å². The van der Waals surface area contributed by atoms with Gasteiger partial charge in [0.05, 0.1) is 5.56 Å². The molecule has 1 aromatic carbocycles. The average molecular weight is 248 g/mol. The van der Waals surface area contributed by atoms with Crippen LogP contribution in [0.1, 0.15) is 35.2 Å². The van der Waals surface area contributed by atoms with Crippen LogP contribution in [0.15, 0.2) is 18.2 Å². The van der Waals surface area contributed by atoms with Crippen molar-refractivity contribution in [3.63, 3.8) is 0 Å². The number of phenolic OH excluding ortho intramolecular Hbond substituents is 1. The third-order valence-corrected chi connectivity index (χ3v) is 3.34. The van der Waals surface area contributed by atoms with Gasteiger partial charge >= 0.3 is 0 Å². The molecule has 1 aliphatic heterocycles. The molecule has 1 amide bonds. The van der Waals surface area contributed by atoms with E-state index in [1.165, 1.54) is 12.8 Å². The van der Waals surface area contributed by atoms with Crippen LogP contribution in [0.25, 0.3) is 0 Å². The topological polar surface area (TPSA) is 61.4 Å². The first kappa shape index (κ1) is 12.9. The molecule has 0 spiro atoms. The molecule has 4 heteroatoms. The number of hydrogen-bond acceptors (Lipinski definition) is 3. The zero-order valence-corrected chi connectivity index (χ0v) is 10.7. The fourth-order valence-corrected chi connectivity index (χ4v) is 2.29. The van der Waals surface area contributed by atoms with Gasteiger partial charge in [0.1, 0.15) is 5.75 Å². The Bertz CT molecular complexity index is 426. The van der Waals surface area contributed by atoms with Crippen molar-refractivity contribution in [3.05, 3.63) is 29.3 Å². The fourth-order valence-electron chi connectivity index (χ4n) is 2.29. The first-order chi connectivity index (χ1) is 8.66. The third kappa shape index (κ3) is 3.23. The second-order valence-electron chi connectivity index (χ2n) is 4.86. The van der Waals surface area contributed by atoms with Crippen LogP contribution in [0.3, 0.4) is 0 Å². The lowest BCUT2D eigenvalue weighted by molar-refractivity contribution is 0.0949. The van der Waals surface area contributed by atoms with Gasteiger partial charge in [-0.1, -0.05) is 6.07 Å². The minimum absolute atomic E-state index is 0.0477. The van der Waals surface area contributed by atoms with Crippen LogP contribution in [0, 0.1) is 6.92 Å². The van der Waals surface area contributed by atoms with Gasteiger partial charge in [-0.3, -0.25) is 4.79 Å². The van der Waals surface area contributed by atoms with Crippen molar-refractivity contribution < 1.29 is 9.90 Å². The predicted octanol–water partition coefficient (Wildman–Crippen LogP) is 1.57. The number of carbonyl (C=O) groups excluding carboxylic acids is 1. The van der Waals surface area contributed by atoms with Gasteiger partial charge in [0.15, 0.2) is 0 Å². The number of phenols is 1. The van der Waals surface area contributed by atoms with Crippen molar-refractivity contribution >= 4 is 5.91 Å². The summed E-state index contributed by atoms with van der Waals surface area (Å²) in [5.41, 5.74) is 1.29. The number of rotatable bonds is 4. The molecule has 0 radical (unpaired) electrons. The van der Waals surface area contributed by atoms with E-state index >= 15 is 0 Å². The molecular formula is C14H20N2O2. The Hall–Kier alpha value is -1.55. The van der Waals surface area contributed by atoms with Crippen LogP contribution in [0.4, 0.5) is 0 Å². The first-order valence-electron chi connectivity index (χ1n) is 6.48. The maximum Gasteiger partial charge on any atom is 0.255 e. The summed E-state index contributed by atoms with van der Waals surface area (Å²) < 4.78 is 0. The van der Waals surface area contributed by atoms with Crippen molar-refractivity contribution in [3.8, 4) is 5.75 Å². The van der Waals surface area contributed by atoms with Crippen molar-refractivity contribution in [1.82, 2.24) is 10.6 Å². The molecule has 4 nitrogen and oxygen atoms in total. The Kier molecular flexibility index (Phi) is 4.20. The van der Waals surface area contributed by atoms with E-state index < -0.39 is 0 Å². The molecule has 1 fully saturated rings. The maximum atomic E-state index is 11.9. The van der Waals surface area contributed by atoms with Gasteiger partial charge < -0.3 is 15.7 Å². The van der Waals surface area contributed by atoms with Crippen LogP contribution in [-0.4, -0.2) is 30.1 Å². The SMILES string of the molecule is Cc1ccc(C(=O)NCCC2CCCN2)c(O)c1. The summed E-state index contributed by atoms with van der Waals surface area (Å²) in [6.07, 6.45) is 3.35. The van der Waals surface area contributed by atoms with E-state index in [4.69, 9.17) is 0 Å². The van der Waals surface area contributed by atoms with Gasteiger partial charge in [0, 0.05) is 12.6 Å². The molecule has 2 rings (SSSR count). The highest BCUT2D eigenvalue weighted by atomic mass is 16.3. The van der Waals surface area contributed by atoms with Crippen molar-refractivity contribution in [2.45, 2.75) is 32.2 Å². The molecule has 1 aromatic rings. The zero-order chi connectivity index (χ0) is 13.0. The lowest BCUT2D eigenvalue weighted by atomic mass is 10.1. The van der Waals surface area contributed by atoms with Crippen LogP contribution >= 0.6 is 0 Å². The van der Waals surface area contributed by atoms with Gasteiger partial charge in [0.25, 0.3) is 5.91 Å². The quantitative estimate of drug-likeness (QED) is 0.758. The third-order valence-electron chi connectivity index (χ3n) is 3.34. The van der Waals surface area contributed by atoms with E-state index in [-0.39, 0.29) is 11.7 Å². The van der Waals surface area contributed by atoms with Crippen LogP contribution in [0.2, 0.25) is 0 Å². The summed E-state index contributed by atoms with van der Waals surface area (Å²) in [5, 5.41) is 15.9. The van der Waals surface area contributed by atoms with E-state index in [1.807, 2.05) is 13.0 Å². The summed E-state index contributed by atoms with van der Waals surface area (Å²) in [7, 11) is 0. The molecule has 3 N–H and O–H groups in total. The van der Waals surface area contributed by atoms with E-state index in [2.05, 4.69) is 10.6 Å². The summed E-state index contributed by atoms with van der Waals surface area (Å²) in [6, 6.07) is 5.62. The molecule has 1 heterocycles. The van der Waals surface area contributed by atoms with Crippen molar-refractivity contribution in [1.29, 1.82) is 0 Å². The molecule has 1 saturated heterocycles. The number of hydrogen-bond donors (Lipinski definition) is 3. The Morgan fingerprint density at radius 1 is 1.56 bits per heavy atom. The minimum atomic E-state index is -0.203. The number of aryl methyl sites for hydroxylation is 1. The van der Waals surface area contributed by atoms with E-state index in [9.17, 15) is 9.90 Å². The molecule has 1 unspecified atom stereocenters. The Morgan fingerprint density at radius 2 is 2.39 bits per heavy atom. The van der Waals surface area contributed by atoms with Gasteiger partial charge in [-0.05, 0) is 50.4 Å². The molecular weight excluding hydrogens is 228 g/mol. The number of carbonyl (C=O) groups is 1. The summed E-state index contributed by atoms with van der Waals surface area (Å²) in [6.45, 7) is 3.61. The largest absolute Gasteiger partial charge is 0.507 e. The Morgan fingerprint density at radius 3 is 3.06 bits per heavy atom. The summed E-state index contributed by atoms with van der Waals surface area (Å²) in [4.78, 5) is 11.9. The van der Waals surface area contributed by atoms with E-state index in [0.717, 1.165) is 18.5 Å². The maximum absolute atomic E-state index is 11.9. The highest BCUT2D eigenvalue weighted by molar-refractivity contribution is 5.96. The molecule has 0 saturated carbocycles. The Balaban J connectivity index is 1.83. The second-order valence-corrected chi connectivity index (χ2v) is 4.86. The normalized spacial score (nSPS) is 18.8. The zero-order valence-electron chi connectivity index (χ0n) is 10.7. The van der Waals surface area contributed by atoms with E-state index in [1.54, 1.807) is 12.1 Å². The molecule has 0 aromatic heterocycles. The summed E-state index contributed by atoms with van der Waals surface area (Å²) >= 11 is 0. The number of benzene rings is 1. The minimum Gasteiger partial charge on any atom is -0.507 e. The lowest BCUT2D eigenvalue weighted by Crippen LogP contribution is -2.30. The molecule has 18 heavy (non-hydrogen) atoms. The number of amides is 1. The predicted molar refractivity (Wildman–Crippen MR) is 70.8 cm³/mol. The van der Waals surface area contributed by atoms with Crippen LogP contribution in [-0.2, 0) is 0 Å². The molecule has 0 bridgehead atoms. The van der Waals surface area contributed by atoms with Crippen LogP contribution in [0.5, 0.6) is 5.75 Å². The highest BCUT2D eigenvalue weighted by Crippen LogP contribution is 2.18. The number of nitrogens with one attached hydrogen (secondary N) is 2. The molecule has 0 aliphatic carbocycles. The van der Waals surface area contributed by atoms with Gasteiger partial charge in [-0.25, -0.2) is 0 Å². The molecule has 1 aliphatic rings. The molecule has 1 atom stereocenters. The van der Waals surface area contributed by atoms with Crippen molar-refractivity contribution in [2.75, 3.05) is 13.1 Å². The lowest BCUT2D eigenvalue weighted by Gasteiger charge is -2.11. The van der Waals surface area contributed by atoms with Gasteiger partial charge in [-0.2, -0.15) is 0 Å². The monoisotopic (exact) mass is 248 g/mol. The average Bonchev–Trinajstić information content (AvgIpc) is 2.81. The van der Waals surface area contributed by atoms with E-state index in [0.29, 0.717) is 18.2 Å². The fraction of sp³-hybridized carbons (Fsp3) is 0.500. The molecule has 98 valence electrons. The second kappa shape index (κ2) is 5.87. The van der Waals surface area contributed by atoms with Gasteiger partial charge in [-0.15, -0.1) is 0 Å². The smallest absolute Gasteiger partial charge is 0.255 e. The van der Waals surface area contributed by atoms with Crippen LogP contribution < -0.4 is 10.6 Å². The van der Waals surface area contributed by atoms with Crippen molar-refractivity contribution in [2.24, 2.45) is 0 Å².